The first-order chi connectivity index (χ1) is 7.27. The fourth-order valence-corrected chi connectivity index (χ4v) is 1.55. The summed E-state index contributed by atoms with van der Waals surface area (Å²) in [7, 11) is 0. The molecule has 0 aliphatic heterocycles. The Kier molecular flexibility index (Phi) is 3.94. The van der Waals surface area contributed by atoms with Crippen molar-refractivity contribution in [3.8, 4) is 11.5 Å². The van der Waals surface area contributed by atoms with Crippen molar-refractivity contribution < 1.29 is 15.0 Å². The lowest BCUT2D eigenvalue weighted by Crippen LogP contribution is -2.19. The first kappa shape index (κ1) is 13.4. The summed E-state index contributed by atoms with van der Waals surface area (Å²) in [6.07, 6.45) is 0.492. The monoisotopic (exact) mass is 282 g/mol. The van der Waals surface area contributed by atoms with Crippen LogP contribution >= 0.6 is 34.8 Å². The maximum atomic E-state index is 11.6. The normalized spacial score (nSPS) is 11.5. The molecule has 0 fully saturated rings. The smallest absolute Gasteiger partial charge is 0.253 e. The fraction of sp³-hybridized carbons (Fsp3) is 0.300. The summed E-state index contributed by atoms with van der Waals surface area (Å²) in [6, 6.07) is 2.37. The van der Waals surface area contributed by atoms with Crippen LogP contribution in [0.5, 0.6) is 11.5 Å². The van der Waals surface area contributed by atoms with E-state index in [0.717, 1.165) is 6.07 Å². The SMILES string of the molecule is CCc1cc(C(=O)C(Cl)(Cl)Cl)c(O)cc1O. The molecule has 0 bridgehead atoms. The Balaban J connectivity index is 3.30. The van der Waals surface area contributed by atoms with Gasteiger partial charge in [0.25, 0.3) is 3.79 Å². The second-order valence-corrected chi connectivity index (χ2v) is 5.46. The van der Waals surface area contributed by atoms with E-state index in [4.69, 9.17) is 34.8 Å². The van der Waals surface area contributed by atoms with E-state index >= 15 is 0 Å². The summed E-state index contributed by atoms with van der Waals surface area (Å²) in [5.74, 6) is -1.34. The summed E-state index contributed by atoms with van der Waals surface area (Å²) < 4.78 is -2.13. The van der Waals surface area contributed by atoms with Crippen LogP contribution in [0.4, 0.5) is 0 Å². The number of halogens is 3. The average Bonchev–Trinajstić information content (AvgIpc) is 2.15. The molecule has 0 atom stereocenters. The molecular weight excluding hydrogens is 274 g/mol. The van der Waals surface area contributed by atoms with Gasteiger partial charge in [0.15, 0.2) is 0 Å². The second-order valence-electron chi connectivity index (χ2n) is 3.18. The number of hydrogen-bond donors (Lipinski definition) is 2. The van der Waals surface area contributed by atoms with Gasteiger partial charge in [-0.25, -0.2) is 0 Å². The number of alkyl halides is 3. The van der Waals surface area contributed by atoms with Crippen LogP contribution < -0.4 is 0 Å². The highest BCUT2D eigenvalue weighted by Crippen LogP contribution is 2.36. The molecule has 0 unspecified atom stereocenters. The van der Waals surface area contributed by atoms with Gasteiger partial charge in [0.2, 0.25) is 5.78 Å². The second kappa shape index (κ2) is 4.70. The van der Waals surface area contributed by atoms with Gasteiger partial charge in [-0.2, -0.15) is 0 Å². The first-order valence-corrected chi connectivity index (χ1v) is 5.57. The Morgan fingerprint density at radius 1 is 1.25 bits per heavy atom. The number of carbonyl (C=O) groups excluding carboxylic acids is 1. The maximum Gasteiger partial charge on any atom is 0.253 e. The highest BCUT2D eigenvalue weighted by atomic mass is 35.6. The minimum Gasteiger partial charge on any atom is -0.508 e. The minimum atomic E-state index is -2.13. The van der Waals surface area contributed by atoms with E-state index in [2.05, 4.69) is 0 Å². The van der Waals surface area contributed by atoms with Crippen LogP contribution in [-0.4, -0.2) is 19.8 Å². The van der Waals surface area contributed by atoms with Crippen LogP contribution in [0, 0.1) is 0 Å². The van der Waals surface area contributed by atoms with Crippen LogP contribution in [0.3, 0.4) is 0 Å². The lowest BCUT2D eigenvalue weighted by molar-refractivity contribution is 0.0993. The Morgan fingerprint density at radius 3 is 2.25 bits per heavy atom. The molecule has 16 heavy (non-hydrogen) atoms. The number of carbonyl (C=O) groups is 1. The molecule has 0 heterocycles. The van der Waals surface area contributed by atoms with Crippen molar-refractivity contribution >= 4 is 40.6 Å². The molecule has 0 aliphatic carbocycles. The zero-order valence-corrected chi connectivity index (χ0v) is 10.6. The number of ketones is 1. The highest BCUT2D eigenvalue weighted by molar-refractivity contribution is 6.77. The number of aryl methyl sites for hydroxylation is 1. The van der Waals surface area contributed by atoms with Gasteiger partial charge in [-0.05, 0) is 18.1 Å². The summed E-state index contributed by atoms with van der Waals surface area (Å²) in [5.41, 5.74) is 0.380. The van der Waals surface area contributed by atoms with Crippen molar-refractivity contribution in [1.29, 1.82) is 0 Å². The number of benzene rings is 1. The molecular formula is C10H9Cl3O3. The van der Waals surface area contributed by atoms with Crippen LogP contribution in [-0.2, 0) is 6.42 Å². The molecule has 0 radical (unpaired) electrons. The van der Waals surface area contributed by atoms with Gasteiger partial charge in [-0.15, -0.1) is 0 Å². The molecule has 3 nitrogen and oxygen atoms in total. The molecule has 6 heteroatoms. The lowest BCUT2D eigenvalue weighted by atomic mass is 10.0. The van der Waals surface area contributed by atoms with Crippen LogP contribution in [0.1, 0.15) is 22.8 Å². The van der Waals surface area contributed by atoms with Gasteiger partial charge in [0.1, 0.15) is 11.5 Å². The van der Waals surface area contributed by atoms with E-state index in [9.17, 15) is 15.0 Å². The maximum absolute atomic E-state index is 11.6. The molecule has 0 saturated heterocycles. The lowest BCUT2D eigenvalue weighted by Gasteiger charge is -2.12. The van der Waals surface area contributed by atoms with Gasteiger partial charge in [-0.3, -0.25) is 4.79 Å². The van der Waals surface area contributed by atoms with Crippen molar-refractivity contribution in [2.75, 3.05) is 0 Å². The summed E-state index contributed by atoms with van der Waals surface area (Å²) in [4.78, 5) is 11.6. The molecule has 1 aromatic carbocycles. The Bertz CT molecular complexity index is 424. The summed E-state index contributed by atoms with van der Waals surface area (Å²) in [5, 5.41) is 18.9. The quantitative estimate of drug-likeness (QED) is 0.647. The third-order valence-electron chi connectivity index (χ3n) is 2.08. The van der Waals surface area contributed by atoms with E-state index < -0.39 is 15.3 Å². The number of Topliss-reactive ketones (excluding diaryl/α,β-unsaturated/α-hetero) is 1. The van der Waals surface area contributed by atoms with E-state index in [-0.39, 0.29) is 11.3 Å². The van der Waals surface area contributed by atoms with Gasteiger partial charge < -0.3 is 10.2 Å². The predicted octanol–water partition coefficient (Wildman–Crippen LogP) is 3.21. The van der Waals surface area contributed by atoms with Gasteiger partial charge >= 0.3 is 0 Å². The Morgan fingerprint density at radius 2 is 1.81 bits per heavy atom. The first-order valence-electron chi connectivity index (χ1n) is 4.43. The molecule has 1 rings (SSSR count). The van der Waals surface area contributed by atoms with Crippen molar-refractivity contribution in [3.05, 3.63) is 23.3 Å². The van der Waals surface area contributed by atoms with Crippen LogP contribution in [0.15, 0.2) is 12.1 Å². The average molecular weight is 284 g/mol. The number of phenols is 2. The number of rotatable bonds is 2. The predicted molar refractivity (Wildman–Crippen MR) is 63.8 cm³/mol. The molecule has 88 valence electrons. The topological polar surface area (TPSA) is 57.5 Å². The summed E-state index contributed by atoms with van der Waals surface area (Å²) >= 11 is 16.3. The van der Waals surface area contributed by atoms with Gasteiger partial charge in [0, 0.05) is 6.07 Å². The molecule has 1 aromatic rings. The third kappa shape index (κ3) is 2.73. The molecule has 0 saturated carbocycles. The molecule has 0 aromatic heterocycles. The molecule has 2 N–H and O–H groups in total. The molecule has 0 spiro atoms. The number of hydrogen-bond acceptors (Lipinski definition) is 3. The largest absolute Gasteiger partial charge is 0.508 e. The molecule has 0 amide bonds. The van der Waals surface area contributed by atoms with Crippen LogP contribution in [0.2, 0.25) is 0 Å². The fourth-order valence-electron chi connectivity index (χ4n) is 1.24. The van der Waals surface area contributed by atoms with E-state index in [1.807, 2.05) is 0 Å². The van der Waals surface area contributed by atoms with E-state index in [1.165, 1.54) is 6.07 Å². The van der Waals surface area contributed by atoms with Crippen molar-refractivity contribution in [1.82, 2.24) is 0 Å². The number of aromatic hydroxyl groups is 2. The third-order valence-corrected chi connectivity index (χ3v) is 2.59. The van der Waals surface area contributed by atoms with Crippen LogP contribution in [0.25, 0.3) is 0 Å². The van der Waals surface area contributed by atoms with Crippen molar-refractivity contribution in [3.63, 3.8) is 0 Å². The minimum absolute atomic E-state index is 0.0964. The Labute approximate surface area is 108 Å². The van der Waals surface area contributed by atoms with Crippen molar-refractivity contribution in [2.24, 2.45) is 0 Å². The van der Waals surface area contributed by atoms with Gasteiger partial charge in [0.05, 0.1) is 5.56 Å². The molecule has 0 aliphatic rings. The zero-order valence-electron chi connectivity index (χ0n) is 8.30. The standard InChI is InChI=1S/C10H9Cl3O3/c1-2-5-3-6(8(15)4-7(5)14)9(16)10(11,12)13/h3-4,14-15H,2H2,1H3. The zero-order chi connectivity index (χ0) is 12.5. The van der Waals surface area contributed by atoms with Gasteiger partial charge in [-0.1, -0.05) is 41.7 Å². The summed E-state index contributed by atoms with van der Waals surface area (Å²) in [6.45, 7) is 1.79. The highest BCUT2D eigenvalue weighted by Gasteiger charge is 2.33. The van der Waals surface area contributed by atoms with E-state index in [1.54, 1.807) is 6.92 Å². The number of phenolic OH excluding ortho intramolecular Hbond substituents is 2. The van der Waals surface area contributed by atoms with E-state index in [0.29, 0.717) is 12.0 Å². The Hall–Kier alpha value is -0.640. The van der Waals surface area contributed by atoms with Crippen molar-refractivity contribution in [2.45, 2.75) is 17.1 Å².